The summed E-state index contributed by atoms with van der Waals surface area (Å²) in [6.07, 6.45) is 7.78. The van der Waals surface area contributed by atoms with Gasteiger partial charge >= 0.3 is 0 Å². The Kier molecular flexibility index (Phi) is 3.64. The number of hydrogen-bond acceptors (Lipinski definition) is 6. The van der Waals surface area contributed by atoms with Crippen molar-refractivity contribution in [1.82, 2.24) is 19.3 Å². The highest BCUT2D eigenvalue weighted by molar-refractivity contribution is 7.19. The molecule has 0 spiro atoms. The van der Waals surface area contributed by atoms with Gasteiger partial charge in [0.15, 0.2) is 5.65 Å². The van der Waals surface area contributed by atoms with E-state index in [1.165, 1.54) is 10.8 Å². The Balaban J connectivity index is 1.57. The van der Waals surface area contributed by atoms with Crippen LogP contribution in [0, 0.1) is 0 Å². The fourth-order valence-corrected chi connectivity index (χ4v) is 4.52. The van der Waals surface area contributed by atoms with E-state index in [9.17, 15) is 9.18 Å². The van der Waals surface area contributed by atoms with Crippen LogP contribution in [-0.4, -0.2) is 43.8 Å². The molecule has 7 nitrogen and oxygen atoms in total. The van der Waals surface area contributed by atoms with E-state index >= 15 is 0 Å². The predicted octanol–water partition coefficient (Wildman–Crippen LogP) is 2.21. The van der Waals surface area contributed by atoms with Gasteiger partial charge in [0.05, 0.1) is 36.2 Å². The molecule has 136 valence electrons. The lowest BCUT2D eigenvalue weighted by molar-refractivity contribution is 0.627. The molecule has 0 N–H and O–H groups in total. The van der Waals surface area contributed by atoms with Crippen LogP contribution < -0.4 is 5.56 Å². The molecule has 0 fully saturated rings. The number of fused-ring (bicyclic) bond motifs is 3. The van der Waals surface area contributed by atoms with Gasteiger partial charge in [-0.05, 0) is 12.2 Å². The van der Waals surface area contributed by atoms with Crippen LogP contribution in [0.1, 0.15) is 5.01 Å². The fraction of sp³-hybridized carbons (Fsp3) is 0.278. The van der Waals surface area contributed by atoms with Crippen molar-refractivity contribution in [3.05, 3.63) is 45.6 Å². The van der Waals surface area contributed by atoms with Crippen molar-refractivity contribution in [3.63, 3.8) is 0 Å². The van der Waals surface area contributed by atoms with Gasteiger partial charge in [-0.25, -0.2) is 14.1 Å². The minimum absolute atomic E-state index is 0.0411. The van der Waals surface area contributed by atoms with Gasteiger partial charge < -0.3 is 4.57 Å². The molecule has 9 heteroatoms. The second kappa shape index (κ2) is 6.05. The molecule has 27 heavy (non-hydrogen) atoms. The van der Waals surface area contributed by atoms with Crippen LogP contribution in [0.4, 0.5) is 4.39 Å². The first-order valence-corrected chi connectivity index (χ1v) is 9.35. The largest absolute Gasteiger partial charge is 0.323 e. The zero-order valence-corrected chi connectivity index (χ0v) is 15.3. The number of aryl methyl sites for hydroxylation is 1. The van der Waals surface area contributed by atoms with E-state index in [0.717, 1.165) is 33.0 Å². The third-order valence-corrected chi connectivity index (χ3v) is 5.76. The lowest BCUT2D eigenvalue weighted by atomic mass is 10.3. The summed E-state index contributed by atoms with van der Waals surface area (Å²) in [5, 5.41) is 6.03. The predicted molar refractivity (Wildman–Crippen MR) is 105 cm³/mol. The van der Waals surface area contributed by atoms with Crippen molar-refractivity contribution in [2.45, 2.75) is 13.0 Å². The van der Waals surface area contributed by atoms with Gasteiger partial charge in [-0.2, -0.15) is 5.10 Å². The molecule has 5 heterocycles. The number of thiazole rings is 1. The summed E-state index contributed by atoms with van der Waals surface area (Å²) in [5.74, 6) is -0.294. The van der Waals surface area contributed by atoms with E-state index in [4.69, 9.17) is 4.98 Å². The first kappa shape index (κ1) is 16.2. The number of aliphatic imine (C=N–C) groups is 2. The molecule has 0 aromatic carbocycles. The monoisotopic (exact) mass is 382 g/mol. The lowest BCUT2D eigenvalue weighted by Crippen LogP contribution is -2.26. The smallest absolute Gasteiger partial charge is 0.291 e. The first-order valence-electron chi connectivity index (χ1n) is 8.53. The lowest BCUT2D eigenvalue weighted by Gasteiger charge is -2.04. The second-order valence-electron chi connectivity index (χ2n) is 6.50. The Morgan fingerprint density at radius 1 is 1.30 bits per heavy atom. The molecule has 5 rings (SSSR count). The SMILES string of the molecule is Cn1c2nc(CC3=NCC=C3)sc2c2cnn(CC3=NCC(F)=C3)c(=O)c21. The summed E-state index contributed by atoms with van der Waals surface area (Å²) in [5.41, 5.74) is 2.63. The normalized spacial score (nSPS) is 16.4. The zero-order chi connectivity index (χ0) is 18.5. The Hall–Kier alpha value is -2.94. The first-order chi connectivity index (χ1) is 13.1. The number of rotatable bonds is 4. The highest BCUT2D eigenvalue weighted by atomic mass is 32.1. The molecule has 2 aliphatic heterocycles. The quantitative estimate of drug-likeness (QED) is 0.694. The van der Waals surface area contributed by atoms with Gasteiger partial charge in [-0.1, -0.05) is 6.08 Å². The Morgan fingerprint density at radius 3 is 2.93 bits per heavy atom. The van der Waals surface area contributed by atoms with Gasteiger partial charge in [0, 0.05) is 24.6 Å². The fourth-order valence-electron chi connectivity index (χ4n) is 3.40. The maximum absolute atomic E-state index is 13.2. The number of nitrogens with zero attached hydrogens (tertiary/aromatic N) is 6. The molecule has 0 radical (unpaired) electrons. The molecule has 0 bridgehead atoms. The third kappa shape index (κ3) is 2.66. The number of hydrogen-bond donors (Lipinski definition) is 0. The van der Waals surface area contributed by atoms with Crippen molar-refractivity contribution in [3.8, 4) is 0 Å². The van der Waals surface area contributed by atoms with Crippen molar-refractivity contribution in [2.75, 3.05) is 13.1 Å². The van der Waals surface area contributed by atoms with E-state index in [1.807, 2.05) is 23.8 Å². The number of halogens is 1. The molecule has 0 saturated carbocycles. The third-order valence-electron chi connectivity index (χ3n) is 4.68. The minimum atomic E-state index is -0.294. The van der Waals surface area contributed by atoms with E-state index in [0.29, 0.717) is 17.6 Å². The Labute approximate surface area is 156 Å². The molecule has 0 amide bonds. The molecular weight excluding hydrogens is 367 g/mol. The average Bonchev–Trinajstić information content (AvgIpc) is 3.40. The van der Waals surface area contributed by atoms with E-state index in [-0.39, 0.29) is 24.5 Å². The summed E-state index contributed by atoms with van der Waals surface area (Å²) < 4.78 is 17.3. The summed E-state index contributed by atoms with van der Waals surface area (Å²) in [6, 6.07) is 0. The average molecular weight is 382 g/mol. The number of allylic oxidation sites excluding steroid dienone is 2. The van der Waals surface area contributed by atoms with Gasteiger partial charge in [-0.3, -0.25) is 14.8 Å². The summed E-state index contributed by atoms with van der Waals surface area (Å²) in [6.45, 7) is 0.933. The summed E-state index contributed by atoms with van der Waals surface area (Å²) in [7, 11) is 1.83. The number of aromatic nitrogens is 4. The second-order valence-corrected chi connectivity index (χ2v) is 7.58. The molecule has 0 saturated heterocycles. The highest BCUT2D eigenvalue weighted by Crippen LogP contribution is 2.31. The summed E-state index contributed by atoms with van der Waals surface area (Å²) >= 11 is 1.56. The molecule has 3 aromatic rings. The molecular formula is C18H15FN6OS. The molecule has 3 aromatic heterocycles. The van der Waals surface area contributed by atoms with Crippen LogP contribution in [0.3, 0.4) is 0 Å². The standard InChI is InChI=1S/C18H15FN6OS/c1-24-15-13(8-22-25(18(15)26)9-12-5-10(19)7-21-12)16-17(24)23-14(27-16)6-11-3-2-4-20-11/h2-3,5,8H,4,6-7,9H2,1H3. The molecule has 0 unspecified atom stereocenters. The maximum Gasteiger partial charge on any atom is 0.291 e. The zero-order valence-electron chi connectivity index (χ0n) is 14.5. The van der Waals surface area contributed by atoms with Crippen LogP contribution in [0.15, 0.2) is 45.0 Å². The Bertz CT molecular complexity index is 1270. The Morgan fingerprint density at radius 2 is 2.19 bits per heavy atom. The van der Waals surface area contributed by atoms with Crippen LogP contribution in [-0.2, 0) is 20.0 Å². The van der Waals surface area contributed by atoms with Gasteiger partial charge in [-0.15, -0.1) is 11.3 Å². The molecule has 0 atom stereocenters. The maximum atomic E-state index is 13.2. The highest BCUT2D eigenvalue weighted by Gasteiger charge is 2.19. The van der Waals surface area contributed by atoms with Crippen molar-refractivity contribution < 1.29 is 4.39 Å². The topological polar surface area (TPSA) is 77.4 Å². The molecule has 0 aliphatic carbocycles. The van der Waals surface area contributed by atoms with E-state index < -0.39 is 0 Å². The summed E-state index contributed by atoms with van der Waals surface area (Å²) in [4.78, 5) is 26.1. The van der Waals surface area contributed by atoms with Crippen molar-refractivity contribution in [1.29, 1.82) is 0 Å². The van der Waals surface area contributed by atoms with Crippen LogP contribution in [0.25, 0.3) is 21.3 Å². The molecule has 2 aliphatic rings. The van der Waals surface area contributed by atoms with E-state index in [2.05, 4.69) is 15.1 Å². The van der Waals surface area contributed by atoms with Crippen LogP contribution in [0.2, 0.25) is 0 Å². The van der Waals surface area contributed by atoms with Gasteiger partial charge in [0.1, 0.15) is 16.4 Å². The van der Waals surface area contributed by atoms with Crippen molar-refractivity contribution >= 4 is 44.0 Å². The van der Waals surface area contributed by atoms with Gasteiger partial charge in [0.25, 0.3) is 5.56 Å². The minimum Gasteiger partial charge on any atom is -0.323 e. The van der Waals surface area contributed by atoms with Crippen LogP contribution >= 0.6 is 11.3 Å². The van der Waals surface area contributed by atoms with Gasteiger partial charge in [0.2, 0.25) is 0 Å². The van der Waals surface area contributed by atoms with E-state index in [1.54, 1.807) is 17.5 Å². The van der Waals surface area contributed by atoms with Crippen LogP contribution in [0.5, 0.6) is 0 Å². The van der Waals surface area contributed by atoms with Crippen molar-refractivity contribution in [2.24, 2.45) is 17.0 Å².